The fraction of sp³-hybridized carbons (Fsp3) is 0.636. The van der Waals surface area contributed by atoms with Crippen molar-refractivity contribution in [2.45, 2.75) is 83.0 Å². The summed E-state index contributed by atoms with van der Waals surface area (Å²) >= 11 is 0. The van der Waals surface area contributed by atoms with Crippen LogP contribution < -0.4 is 0 Å². The minimum absolute atomic E-state index is 0.0708. The van der Waals surface area contributed by atoms with Crippen LogP contribution in [0.15, 0.2) is 40.8 Å². The third-order valence-electron chi connectivity index (χ3n) is 9.00. The molecule has 0 saturated carbocycles. The van der Waals surface area contributed by atoms with E-state index in [0.717, 1.165) is 31.5 Å². The predicted octanol–water partition coefficient (Wildman–Crippen LogP) is 4.22. The van der Waals surface area contributed by atoms with E-state index in [-0.39, 0.29) is 29.2 Å². The number of cyclic esters (lactones) is 1. The lowest BCUT2D eigenvalue weighted by Gasteiger charge is -2.33. The highest BCUT2D eigenvalue weighted by Crippen LogP contribution is 2.28. The Morgan fingerprint density at radius 2 is 1.73 bits per heavy atom. The van der Waals surface area contributed by atoms with E-state index in [2.05, 4.69) is 4.90 Å². The van der Waals surface area contributed by atoms with Gasteiger partial charge in [-0.05, 0) is 81.3 Å². The maximum Gasteiger partial charge on any atom is 0.410 e. The first kappa shape index (κ1) is 34.1. The Morgan fingerprint density at radius 1 is 1.05 bits per heavy atom. The van der Waals surface area contributed by atoms with E-state index >= 15 is 0 Å². The highest BCUT2D eigenvalue weighted by Gasteiger charge is 2.31. The molecule has 3 heterocycles. The lowest BCUT2D eigenvalue weighted by Crippen LogP contribution is -2.48. The Bertz CT molecular complexity index is 1330. The Kier molecular flexibility index (Phi) is 11.7. The Morgan fingerprint density at radius 3 is 2.41 bits per heavy atom. The molecule has 0 aromatic heterocycles. The van der Waals surface area contributed by atoms with Gasteiger partial charge in [-0.2, -0.15) is 4.31 Å². The number of aryl methyl sites for hydroxylation is 1. The smallest absolute Gasteiger partial charge is 0.410 e. The number of benzene rings is 1. The number of aliphatic hydroxyl groups excluding tert-OH is 1. The lowest BCUT2D eigenvalue weighted by molar-refractivity contribution is -0.151. The summed E-state index contributed by atoms with van der Waals surface area (Å²) in [5.74, 6) is -0.858. The zero-order valence-corrected chi connectivity index (χ0v) is 27.6. The van der Waals surface area contributed by atoms with E-state index in [0.29, 0.717) is 50.1 Å². The number of ether oxygens (including phenoxy) is 2. The number of carbonyl (C=O) groups is 2. The SMILES string of the molecule is C/C(=C\c1ccc(C)c(S(=O)(=O)N2CCCC2)c1)[C@H]1OC(=O)C[C@H](O)CC[C@H](C)[C@@H](OC(=O)N2CCN(C)CC2)/C=C\[C@@H]1C. The van der Waals surface area contributed by atoms with E-state index < -0.39 is 34.3 Å². The third-order valence-corrected chi connectivity index (χ3v) is 11.0. The number of sulfonamides is 1. The number of piperazine rings is 1. The van der Waals surface area contributed by atoms with Gasteiger partial charge in [0.2, 0.25) is 10.0 Å². The number of hydrogen-bond acceptors (Lipinski definition) is 8. The van der Waals surface area contributed by atoms with Gasteiger partial charge in [0.15, 0.2) is 0 Å². The van der Waals surface area contributed by atoms with Gasteiger partial charge in [0.05, 0.1) is 17.4 Å². The number of esters is 1. The van der Waals surface area contributed by atoms with Crippen molar-refractivity contribution in [3.63, 3.8) is 0 Å². The molecule has 1 aromatic rings. The summed E-state index contributed by atoms with van der Waals surface area (Å²) in [6.45, 7) is 11.4. The van der Waals surface area contributed by atoms with Crippen molar-refractivity contribution in [1.29, 1.82) is 0 Å². The van der Waals surface area contributed by atoms with Crippen LogP contribution in [0, 0.1) is 18.8 Å². The maximum absolute atomic E-state index is 13.3. The van der Waals surface area contributed by atoms with Crippen LogP contribution in [0.3, 0.4) is 0 Å². The van der Waals surface area contributed by atoms with Crippen molar-refractivity contribution in [1.82, 2.24) is 14.1 Å². The monoisotopic (exact) mass is 631 g/mol. The molecular formula is C33H49N3O7S. The minimum Gasteiger partial charge on any atom is -0.457 e. The number of carbonyl (C=O) groups excluding carboxylic acids is 2. The standard InChI is InChI=1S/C33H49N3O7S/c1-23-9-12-28(37)22-31(38)43-32(25(3)10-13-29(23)42-33(39)35-18-16-34(5)17-19-35)26(4)20-27-11-8-24(2)30(21-27)44(40,41)36-14-6-7-15-36/h8,10-11,13,20-21,23,25,28-29,32,37H,6-7,9,12,14-19,22H2,1-5H3/b13-10-,26-20+/t23-,25-,28+,29-,32-/m0/s1. The van der Waals surface area contributed by atoms with Crippen LogP contribution in [0.25, 0.3) is 6.08 Å². The molecule has 11 heteroatoms. The Labute approximate surface area is 262 Å². The van der Waals surface area contributed by atoms with Crippen LogP contribution in [0.5, 0.6) is 0 Å². The molecule has 244 valence electrons. The third kappa shape index (κ3) is 8.71. The average molecular weight is 632 g/mol. The van der Waals surface area contributed by atoms with Gasteiger partial charge in [0, 0.05) is 45.2 Å². The molecule has 1 N–H and O–H groups in total. The van der Waals surface area contributed by atoms with Crippen molar-refractivity contribution in [2.75, 3.05) is 46.3 Å². The number of amides is 1. The molecule has 10 nitrogen and oxygen atoms in total. The van der Waals surface area contributed by atoms with Crippen LogP contribution in [0.4, 0.5) is 4.79 Å². The topological polar surface area (TPSA) is 117 Å². The fourth-order valence-corrected chi connectivity index (χ4v) is 7.80. The summed E-state index contributed by atoms with van der Waals surface area (Å²) in [6, 6.07) is 5.35. The molecule has 0 unspecified atom stereocenters. The highest BCUT2D eigenvalue weighted by molar-refractivity contribution is 7.89. The van der Waals surface area contributed by atoms with Gasteiger partial charge in [-0.15, -0.1) is 0 Å². The van der Waals surface area contributed by atoms with Crippen LogP contribution >= 0.6 is 0 Å². The minimum atomic E-state index is -3.61. The zero-order valence-electron chi connectivity index (χ0n) is 26.8. The molecule has 3 aliphatic heterocycles. The highest BCUT2D eigenvalue weighted by atomic mass is 32.2. The average Bonchev–Trinajstić information content (AvgIpc) is 3.53. The first-order valence-electron chi connectivity index (χ1n) is 15.8. The molecule has 5 atom stereocenters. The molecule has 44 heavy (non-hydrogen) atoms. The van der Waals surface area contributed by atoms with Crippen molar-refractivity contribution in [3.8, 4) is 0 Å². The molecule has 2 fully saturated rings. The zero-order chi connectivity index (χ0) is 32.0. The van der Waals surface area contributed by atoms with Crippen molar-refractivity contribution >= 4 is 28.2 Å². The molecule has 0 bridgehead atoms. The Balaban J connectivity index is 1.59. The number of hydrogen-bond donors (Lipinski definition) is 1. The predicted molar refractivity (Wildman–Crippen MR) is 169 cm³/mol. The molecule has 3 aliphatic rings. The van der Waals surface area contributed by atoms with E-state index in [1.54, 1.807) is 24.0 Å². The fourth-order valence-electron chi connectivity index (χ4n) is 6.03. The van der Waals surface area contributed by atoms with Crippen LogP contribution in [0.1, 0.15) is 64.0 Å². The first-order valence-corrected chi connectivity index (χ1v) is 17.3. The number of nitrogens with zero attached hydrogens (tertiary/aromatic N) is 3. The summed E-state index contributed by atoms with van der Waals surface area (Å²) in [6.07, 6.45) is 5.77. The van der Waals surface area contributed by atoms with E-state index in [1.165, 1.54) is 4.31 Å². The van der Waals surface area contributed by atoms with Crippen LogP contribution in [-0.2, 0) is 24.3 Å². The molecule has 0 radical (unpaired) electrons. The molecule has 2 saturated heterocycles. The summed E-state index contributed by atoms with van der Waals surface area (Å²) in [5.41, 5.74) is 2.10. The van der Waals surface area contributed by atoms with Crippen molar-refractivity contribution in [2.24, 2.45) is 11.8 Å². The number of likely N-dealkylation sites (N-methyl/N-ethyl adjacent to an activating group) is 1. The van der Waals surface area contributed by atoms with Gasteiger partial charge in [-0.1, -0.05) is 38.1 Å². The normalized spacial score (nSPS) is 29.4. The summed E-state index contributed by atoms with van der Waals surface area (Å²) in [7, 11) is -1.58. The maximum atomic E-state index is 13.3. The van der Waals surface area contributed by atoms with Gasteiger partial charge < -0.3 is 24.4 Å². The second-order valence-electron chi connectivity index (χ2n) is 12.7. The largest absolute Gasteiger partial charge is 0.457 e. The van der Waals surface area contributed by atoms with E-state index in [1.807, 2.05) is 52.1 Å². The van der Waals surface area contributed by atoms with Gasteiger partial charge in [-0.3, -0.25) is 4.79 Å². The van der Waals surface area contributed by atoms with Gasteiger partial charge in [0.1, 0.15) is 12.2 Å². The lowest BCUT2D eigenvalue weighted by atomic mass is 9.91. The molecule has 0 aliphatic carbocycles. The molecular weight excluding hydrogens is 582 g/mol. The Hall–Kier alpha value is -2.73. The first-order chi connectivity index (χ1) is 20.8. The van der Waals surface area contributed by atoms with Crippen molar-refractivity contribution < 1.29 is 32.6 Å². The summed E-state index contributed by atoms with van der Waals surface area (Å²) < 4.78 is 40.2. The second-order valence-corrected chi connectivity index (χ2v) is 14.6. The summed E-state index contributed by atoms with van der Waals surface area (Å²) in [4.78, 5) is 30.1. The number of rotatable bonds is 5. The quantitative estimate of drug-likeness (QED) is 0.380. The second kappa shape index (κ2) is 15.0. The van der Waals surface area contributed by atoms with Crippen molar-refractivity contribution in [3.05, 3.63) is 47.1 Å². The van der Waals surface area contributed by atoms with Gasteiger partial charge >= 0.3 is 12.1 Å². The number of aliphatic hydroxyl groups is 1. The van der Waals surface area contributed by atoms with E-state index in [9.17, 15) is 23.1 Å². The van der Waals surface area contributed by atoms with Gasteiger partial charge in [0.25, 0.3) is 0 Å². The summed E-state index contributed by atoms with van der Waals surface area (Å²) in [5, 5.41) is 10.6. The van der Waals surface area contributed by atoms with Crippen LogP contribution in [0.2, 0.25) is 0 Å². The van der Waals surface area contributed by atoms with Crippen LogP contribution in [-0.4, -0.2) is 104 Å². The molecule has 1 aromatic carbocycles. The molecule has 0 spiro atoms. The molecule has 4 rings (SSSR count). The van der Waals surface area contributed by atoms with Gasteiger partial charge in [-0.25, -0.2) is 13.2 Å². The molecule has 1 amide bonds. The van der Waals surface area contributed by atoms with E-state index in [4.69, 9.17) is 9.47 Å².